The molecule has 5 nitrogen and oxygen atoms in total. The Balaban J connectivity index is 1.71. The van der Waals surface area contributed by atoms with Gasteiger partial charge in [0.05, 0.1) is 10.6 Å². The maximum atomic E-state index is 12.4. The van der Waals surface area contributed by atoms with E-state index < -0.39 is 12.0 Å². The van der Waals surface area contributed by atoms with E-state index in [1.54, 1.807) is 18.2 Å². The zero-order valence-corrected chi connectivity index (χ0v) is 15.4. The van der Waals surface area contributed by atoms with Crippen molar-refractivity contribution in [1.82, 2.24) is 4.90 Å². The van der Waals surface area contributed by atoms with Crippen molar-refractivity contribution in [2.45, 2.75) is 25.4 Å². The number of carbonyl (C=O) groups excluding carboxylic acids is 1. The van der Waals surface area contributed by atoms with E-state index in [1.165, 1.54) is 6.07 Å². The molecule has 26 heavy (non-hydrogen) atoms. The third-order valence-electron chi connectivity index (χ3n) is 4.39. The number of rotatable bonds is 5. The first-order valence-corrected chi connectivity index (χ1v) is 9.02. The summed E-state index contributed by atoms with van der Waals surface area (Å²) in [5, 5.41) is 12.9. The zero-order chi connectivity index (χ0) is 18.7. The summed E-state index contributed by atoms with van der Waals surface area (Å²) in [6.07, 6.45) is 1.54. The fourth-order valence-corrected chi connectivity index (χ4v) is 3.64. The van der Waals surface area contributed by atoms with Crippen LogP contribution in [-0.2, 0) is 11.3 Å². The minimum atomic E-state index is -0.788. The molecule has 1 atom stereocenters. The summed E-state index contributed by atoms with van der Waals surface area (Å²) >= 11 is 11.9. The number of carbonyl (C=O) groups is 2. The molecule has 0 aromatic heterocycles. The Labute approximate surface area is 161 Å². The van der Waals surface area contributed by atoms with E-state index in [-0.39, 0.29) is 10.9 Å². The maximum Gasteiger partial charge on any atom is 0.320 e. The largest absolute Gasteiger partial charge is 0.480 e. The highest BCUT2D eigenvalue weighted by Crippen LogP contribution is 2.24. The molecule has 0 spiro atoms. The van der Waals surface area contributed by atoms with Gasteiger partial charge in [0.15, 0.2) is 0 Å². The minimum Gasteiger partial charge on any atom is -0.480 e. The van der Waals surface area contributed by atoms with Gasteiger partial charge in [-0.15, -0.1) is 0 Å². The first-order chi connectivity index (χ1) is 12.4. The van der Waals surface area contributed by atoms with Crippen molar-refractivity contribution in [1.29, 1.82) is 0 Å². The number of hydrogen-bond donors (Lipinski definition) is 2. The maximum absolute atomic E-state index is 12.4. The van der Waals surface area contributed by atoms with Gasteiger partial charge in [-0.2, -0.15) is 0 Å². The zero-order valence-electron chi connectivity index (χ0n) is 13.9. The second-order valence-corrected chi connectivity index (χ2v) is 7.09. The average Bonchev–Trinajstić information content (AvgIpc) is 3.03. The molecular formula is C19H18Cl2N2O3. The second kappa shape index (κ2) is 8.08. The van der Waals surface area contributed by atoms with E-state index in [4.69, 9.17) is 23.2 Å². The number of anilines is 1. The summed E-state index contributed by atoms with van der Waals surface area (Å²) in [5.74, 6) is -1.11. The number of carboxylic acid groups (broad SMARTS) is 1. The Hall–Kier alpha value is -2.08. The minimum absolute atomic E-state index is 0.285. The summed E-state index contributed by atoms with van der Waals surface area (Å²) < 4.78 is 0. The molecule has 2 N–H and O–H groups in total. The number of halogens is 2. The first-order valence-electron chi connectivity index (χ1n) is 8.26. The van der Waals surface area contributed by atoms with Crippen LogP contribution < -0.4 is 5.32 Å². The van der Waals surface area contributed by atoms with Gasteiger partial charge in [-0.1, -0.05) is 35.3 Å². The van der Waals surface area contributed by atoms with Gasteiger partial charge in [-0.3, -0.25) is 14.5 Å². The Kier molecular flexibility index (Phi) is 5.81. The molecule has 0 bridgehead atoms. The Morgan fingerprint density at radius 1 is 1.19 bits per heavy atom. The molecule has 3 rings (SSSR count). The van der Waals surface area contributed by atoms with E-state index in [1.807, 2.05) is 23.1 Å². The van der Waals surface area contributed by atoms with E-state index in [0.717, 1.165) is 18.5 Å². The molecule has 136 valence electrons. The van der Waals surface area contributed by atoms with Gasteiger partial charge < -0.3 is 10.4 Å². The summed E-state index contributed by atoms with van der Waals surface area (Å²) in [4.78, 5) is 25.7. The number of benzene rings is 2. The molecule has 2 aromatic rings. The van der Waals surface area contributed by atoms with Gasteiger partial charge in [0.1, 0.15) is 6.04 Å². The molecule has 0 saturated carbocycles. The lowest BCUT2D eigenvalue weighted by Gasteiger charge is -2.21. The van der Waals surface area contributed by atoms with Crippen LogP contribution in [0.4, 0.5) is 5.69 Å². The smallest absolute Gasteiger partial charge is 0.320 e. The quantitative estimate of drug-likeness (QED) is 0.795. The summed E-state index contributed by atoms with van der Waals surface area (Å²) in [7, 11) is 0. The molecule has 0 aliphatic carbocycles. The number of aliphatic carboxylic acids is 1. The van der Waals surface area contributed by atoms with E-state index in [0.29, 0.717) is 29.2 Å². The van der Waals surface area contributed by atoms with Crippen LogP contribution in [0.25, 0.3) is 0 Å². The molecule has 1 aliphatic heterocycles. The summed E-state index contributed by atoms with van der Waals surface area (Å²) in [5.41, 5.74) is 1.91. The Morgan fingerprint density at radius 3 is 2.73 bits per heavy atom. The van der Waals surface area contributed by atoms with Gasteiger partial charge in [-0.05, 0) is 55.3 Å². The topological polar surface area (TPSA) is 69.6 Å². The fraction of sp³-hybridized carbons (Fsp3) is 0.263. The van der Waals surface area contributed by atoms with E-state index in [2.05, 4.69) is 5.32 Å². The molecule has 1 amide bonds. The Bertz CT molecular complexity index is 841. The number of likely N-dealkylation sites (tertiary alicyclic amines) is 1. The number of carboxylic acids is 1. The van der Waals surface area contributed by atoms with Crippen LogP contribution in [0, 0.1) is 0 Å². The third kappa shape index (κ3) is 4.36. The van der Waals surface area contributed by atoms with Gasteiger partial charge in [0, 0.05) is 17.3 Å². The van der Waals surface area contributed by atoms with E-state index >= 15 is 0 Å². The molecule has 1 fully saturated rings. The van der Waals surface area contributed by atoms with Crippen LogP contribution in [0.2, 0.25) is 10.0 Å². The first kappa shape index (κ1) is 18.7. The second-order valence-electron chi connectivity index (χ2n) is 6.25. The van der Waals surface area contributed by atoms with Gasteiger partial charge in [-0.25, -0.2) is 0 Å². The van der Waals surface area contributed by atoms with Gasteiger partial charge in [0.25, 0.3) is 5.91 Å². The predicted molar refractivity (Wildman–Crippen MR) is 102 cm³/mol. The molecule has 1 aliphatic rings. The molecular weight excluding hydrogens is 375 g/mol. The van der Waals surface area contributed by atoms with Gasteiger partial charge in [0.2, 0.25) is 0 Å². The number of nitrogens with one attached hydrogen (secondary N) is 1. The lowest BCUT2D eigenvalue weighted by Crippen LogP contribution is -2.35. The van der Waals surface area contributed by atoms with Crippen LogP contribution in [0.5, 0.6) is 0 Å². The van der Waals surface area contributed by atoms with Crippen molar-refractivity contribution in [3.05, 3.63) is 63.6 Å². The molecule has 1 heterocycles. The molecule has 2 aromatic carbocycles. The lowest BCUT2D eigenvalue weighted by molar-refractivity contribution is -0.142. The van der Waals surface area contributed by atoms with Crippen molar-refractivity contribution < 1.29 is 14.7 Å². The van der Waals surface area contributed by atoms with Crippen molar-refractivity contribution in [3.63, 3.8) is 0 Å². The van der Waals surface area contributed by atoms with Crippen LogP contribution in [0.3, 0.4) is 0 Å². The van der Waals surface area contributed by atoms with E-state index in [9.17, 15) is 14.7 Å². The van der Waals surface area contributed by atoms with Crippen LogP contribution in [-0.4, -0.2) is 34.5 Å². The van der Waals surface area contributed by atoms with Crippen molar-refractivity contribution in [2.24, 2.45) is 0 Å². The fourth-order valence-electron chi connectivity index (χ4n) is 3.15. The van der Waals surface area contributed by atoms with Crippen LogP contribution >= 0.6 is 23.2 Å². The average molecular weight is 393 g/mol. The van der Waals surface area contributed by atoms with Crippen molar-refractivity contribution >= 4 is 40.8 Å². The monoisotopic (exact) mass is 392 g/mol. The van der Waals surface area contributed by atoms with Crippen LogP contribution in [0.1, 0.15) is 28.8 Å². The SMILES string of the molecule is O=C(Nc1cccc(CN2CCC[C@H]2C(=O)O)c1)c1ccc(Cl)cc1Cl. The molecule has 7 heteroatoms. The van der Waals surface area contributed by atoms with Gasteiger partial charge >= 0.3 is 5.97 Å². The summed E-state index contributed by atoms with van der Waals surface area (Å²) in [6.45, 7) is 1.29. The molecule has 1 saturated heterocycles. The third-order valence-corrected chi connectivity index (χ3v) is 4.94. The highest BCUT2D eigenvalue weighted by atomic mass is 35.5. The number of hydrogen-bond acceptors (Lipinski definition) is 3. The molecule has 0 radical (unpaired) electrons. The standard InChI is InChI=1S/C19H18Cl2N2O3/c20-13-6-7-15(16(21)10-13)18(24)22-14-4-1-3-12(9-14)11-23-8-2-5-17(23)19(25)26/h1,3-4,6-7,9-10,17H,2,5,8,11H2,(H,22,24)(H,25,26)/t17-/m0/s1. The highest BCUT2D eigenvalue weighted by Gasteiger charge is 2.30. The normalized spacial score (nSPS) is 17.2. The highest BCUT2D eigenvalue weighted by molar-refractivity contribution is 6.37. The molecule has 0 unspecified atom stereocenters. The number of amides is 1. The van der Waals surface area contributed by atoms with Crippen molar-refractivity contribution in [2.75, 3.05) is 11.9 Å². The summed E-state index contributed by atoms with van der Waals surface area (Å²) in [6, 6.07) is 11.6. The predicted octanol–water partition coefficient (Wildman–Crippen LogP) is 4.29. The van der Waals surface area contributed by atoms with Crippen LogP contribution in [0.15, 0.2) is 42.5 Å². The lowest BCUT2D eigenvalue weighted by atomic mass is 10.1. The Morgan fingerprint density at radius 2 is 2.00 bits per heavy atom. The van der Waals surface area contributed by atoms with Crippen molar-refractivity contribution in [3.8, 4) is 0 Å². The number of nitrogens with zero attached hydrogens (tertiary/aromatic N) is 1.